The minimum atomic E-state index is -1.10. The first-order valence-corrected chi connectivity index (χ1v) is 12.9. The summed E-state index contributed by atoms with van der Waals surface area (Å²) in [6.45, 7) is 2.28. The molecule has 0 aliphatic carbocycles. The van der Waals surface area contributed by atoms with Crippen molar-refractivity contribution in [2.75, 3.05) is 43.6 Å². The maximum Gasteiger partial charge on any atom is 0.307 e. The molecule has 0 bridgehead atoms. The van der Waals surface area contributed by atoms with Gasteiger partial charge in [-0.3, -0.25) is 13.6 Å². The first-order valence-electron chi connectivity index (χ1n) is 11.4. The maximum atomic E-state index is 12.6. The molecule has 7 nitrogen and oxygen atoms in total. The highest BCUT2D eigenvalue weighted by atomic mass is 32.2. The molecule has 1 saturated heterocycles. The van der Waals surface area contributed by atoms with Crippen LogP contribution in [-0.2, 0) is 10.8 Å². The van der Waals surface area contributed by atoms with Crippen molar-refractivity contribution >= 4 is 39.0 Å². The predicted octanol–water partition coefficient (Wildman–Crippen LogP) is 3.29. The summed E-state index contributed by atoms with van der Waals surface area (Å²) in [7, 11) is 0.466. The molecule has 3 N–H and O–H groups in total. The quantitative estimate of drug-likeness (QED) is 0.462. The number of nitrogens with zero attached hydrogens (tertiary/aromatic N) is 1. The van der Waals surface area contributed by atoms with Crippen molar-refractivity contribution in [3.63, 3.8) is 0 Å². The van der Waals surface area contributed by atoms with Crippen LogP contribution in [0.15, 0.2) is 47.4 Å². The number of nitrogens with one attached hydrogen (secondary N) is 3. The van der Waals surface area contributed by atoms with Crippen molar-refractivity contribution in [3.05, 3.63) is 48.2 Å². The van der Waals surface area contributed by atoms with Crippen LogP contribution in [0.4, 0.5) is 11.4 Å². The number of aromatic nitrogens is 1. The van der Waals surface area contributed by atoms with Gasteiger partial charge in [0, 0.05) is 39.1 Å². The van der Waals surface area contributed by atoms with Crippen LogP contribution in [0, 0.1) is 24.2 Å². The summed E-state index contributed by atoms with van der Waals surface area (Å²) >= 11 is 0. The van der Waals surface area contributed by atoms with E-state index in [0.29, 0.717) is 28.9 Å². The van der Waals surface area contributed by atoms with Crippen LogP contribution in [0.3, 0.4) is 0 Å². The van der Waals surface area contributed by atoms with Crippen molar-refractivity contribution in [1.82, 2.24) is 9.88 Å². The van der Waals surface area contributed by atoms with Gasteiger partial charge in [0.1, 0.15) is 11.4 Å². The Bertz CT molecular complexity index is 1370. The third kappa shape index (κ3) is 5.51. The molecule has 1 fully saturated rings. The number of terminal acetylenes is 1. The number of ether oxygens (including phenoxy) is 1. The average molecular weight is 489 g/mol. The molecule has 1 aliphatic rings. The topological polar surface area (TPSA) is 84.4 Å². The van der Waals surface area contributed by atoms with Gasteiger partial charge < -0.3 is 20.7 Å². The predicted molar refractivity (Wildman–Crippen MR) is 142 cm³/mol. The van der Waals surface area contributed by atoms with E-state index >= 15 is 0 Å². The zero-order valence-corrected chi connectivity index (χ0v) is 20.6. The molecule has 2 heterocycles. The Hall–Kier alpha value is -3.72. The summed E-state index contributed by atoms with van der Waals surface area (Å²) in [6.07, 6.45) is 9.17. The van der Waals surface area contributed by atoms with Gasteiger partial charge in [-0.25, -0.2) is 0 Å². The van der Waals surface area contributed by atoms with Crippen LogP contribution >= 0.6 is 0 Å². The molecule has 0 amide bonds. The van der Waals surface area contributed by atoms with Gasteiger partial charge in [-0.1, -0.05) is 12.0 Å². The Balaban J connectivity index is 1.60. The van der Waals surface area contributed by atoms with Crippen molar-refractivity contribution in [1.29, 1.82) is 0 Å². The normalized spacial score (nSPS) is 14.4. The summed E-state index contributed by atoms with van der Waals surface area (Å²) in [5, 5.41) is 11.1. The molecule has 2 aromatic carbocycles. The Morgan fingerprint density at radius 3 is 2.74 bits per heavy atom. The van der Waals surface area contributed by atoms with E-state index in [1.807, 2.05) is 30.3 Å². The van der Waals surface area contributed by atoms with Gasteiger partial charge in [0.15, 0.2) is 0 Å². The highest BCUT2D eigenvalue weighted by Gasteiger charge is 2.18. The second kappa shape index (κ2) is 11.1. The summed E-state index contributed by atoms with van der Waals surface area (Å²) in [4.78, 5) is 13.3. The molecular weight excluding hydrogens is 460 g/mol. The third-order valence-electron chi connectivity index (χ3n) is 5.96. The number of carbonyl (C=O) groups is 1. The Morgan fingerprint density at radius 1 is 1.23 bits per heavy atom. The first kappa shape index (κ1) is 24.4. The average Bonchev–Trinajstić information content (AvgIpc) is 3.26. The monoisotopic (exact) mass is 488 g/mol. The molecule has 0 spiro atoms. The minimum Gasteiger partial charge on any atom is -0.495 e. The minimum absolute atomic E-state index is 0.316. The number of hydrogen-bond donors (Lipinski definition) is 3. The van der Waals surface area contributed by atoms with E-state index in [-0.39, 0.29) is 0 Å². The zero-order valence-electron chi connectivity index (χ0n) is 19.8. The van der Waals surface area contributed by atoms with Gasteiger partial charge in [0.2, 0.25) is 0 Å². The van der Waals surface area contributed by atoms with Crippen LogP contribution in [0.1, 0.15) is 23.3 Å². The third-order valence-corrected chi connectivity index (χ3v) is 6.88. The van der Waals surface area contributed by atoms with E-state index in [1.54, 1.807) is 25.5 Å². The van der Waals surface area contributed by atoms with Crippen LogP contribution in [0.5, 0.6) is 5.75 Å². The van der Waals surface area contributed by atoms with E-state index in [0.717, 1.165) is 48.2 Å². The van der Waals surface area contributed by atoms with E-state index in [4.69, 9.17) is 11.2 Å². The standard InChI is InChI=1S/C27H28N4O3S/c1-4-27(32)31-20(7-6-14-29-24-11-10-21(35(3)33)18-26(24)34-2)17-22-23(8-5-9-25(22)31)30-19-12-15-28-16-13-19/h1,5,8-11,17-19,28-30H,12-16H2,2-3H3. The van der Waals surface area contributed by atoms with E-state index in [1.165, 1.54) is 4.57 Å². The fourth-order valence-corrected chi connectivity index (χ4v) is 4.72. The van der Waals surface area contributed by atoms with Crippen LogP contribution < -0.4 is 20.7 Å². The number of methoxy groups -OCH3 is 1. The number of hydrogen-bond acceptors (Lipinski definition) is 6. The van der Waals surface area contributed by atoms with Gasteiger partial charge in [0.25, 0.3) is 0 Å². The molecule has 3 aromatic rings. The lowest BCUT2D eigenvalue weighted by atomic mass is 10.1. The summed E-state index contributed by atoms with van der Waals surface area (Å²) in [5.41, 5.74) is 2.98. The number of anilines is 2. The first-order chi connectivity index (χ1) is 17.0. The lowest BCUT2D eigenvalue weighted by Gasteiger charge is -2.25. The summed E-state index contributed by atoms with van der Waals surface area (Å²) in [6, 6.07) is 13.4. The highest BCUT2D eigenvalue weighted by molar-refractivity contribution is 7.84. The molecule has 1 aliphatic heterocycles. The number of piperidine rings is 1. The molecule has 4 rings (SSSR count). The fraction of sp³-hybridized carbons (Fsp3) is 0.296. The molecular formula is C27H28N4O3S. The van der Waals surface area contributed by atoms with Crippen LogP contribution in [-0.4, -0.2) is 53.7 Å². The molecule has 1 unspecified atom stereocenters. The van der Waals surface area contributed by atoms with Crippen molar-refractivity contribution in [2.24, 2.45) is 0 Å². The molecule has 180 valence electrons. The SMILES string of the molecule is C#CC(=O)n1c(C#CCNc2ccc(S(C)=O)cc2OC)cc2c(NC3CCNCC3)cccc21. The summed E-state index contributed by atoms with van der Waals surface area (Å²) in [5.74, 6) is 8.51. The summed E-state index contributed by atoms with van der Waals surface area (Å²) < 4.78 is 18.6. The van der Waals surface area contributed by atoms with Crippen molar-refractivity contribution in [2.45, 2.75) is 23.8 Å². The van der Waals surface area contributed by atoms with Gasteiger partial charge in [-0.15, -0.1) is 6.42 Å². The molecule has 8 heteroatoms. The Labute approximate surface area is 208 Å². The van der Waals surface area contributed by atoms with E-state index in [9.17, 15) is 9.00 Å². The number of rotatable bonds is 6. The lowest BCUT2D eigenvalue weighted by Crippen LogP contribution is -2.35. The van der Waals surface area contributed by atoms with Crippen molar-refractivity contribution in [3.8, 4) is 29.9 Å². The van der Waals surface area contributed by atoms with E-state index in [2.05, 4.69) is 33.7 Å². The fourth-order valence-electron chi connectivity index (χ4n) is 4.19. The molecule has 1 aromatic heterocycles. The highest BCUT2D eigenvalue weighted by Crippen LogP contribution is 2.29. The van der Waals surface area contributed by atoms with Gasteiger partial charge in [-0.05, 0) is 74.2 Å². The molecule has 35 heavy (non-hydrogen) atoms. The Kier molecular flexibility index (Phi) is 7.77. The van der Waals surface area contributed by atoms with E-state index < -0.39 is 16.7 Å². The second-order valence-corrected chi connectivity index (χ2v) is 9.57. The zero-order chi connectivity index (χ0) is 24.8. The van der Waals surface area contributed by atoms with Crippen LogP contribution in [0.2, 0.25) is 0 Å². The smallest absolute Gasteiger partial charge is 0.307 e. The van der Waals surface area contributed by atoms with Crippen LogP contribution in [0.25, 0.3) is 10.9 Å². The van der Waals surface area contributed by atoms with Crippen molar-refractivity contribution < 1.29 is 13.7 Å². The maximum absolute atomic E-state index is 12.6. The molecule has 0 radical (unpaired) electrons. The second-order valence-electron chi connectivity index (χ2n) is 8.19. The molecule has 0 saturated carbocycles. The Morgan fingerprint density at radius 2 is 2.03 bits per heavy atom. The van der Waals surface area contributed by atoms with Gasteiger partial charge in [-0.2, -0.15) is 0 Å². The van der Waals surface area contributed by atoms with Gasteiger partial charge >= 0.3 is 5.91 Å². The number of carbonyl (C=O) groups excluding carboxylic acids is 1. The number of fused-ring (bicyclic) bond motifs is 1. The van der Waals surface area contributed by atoms with Gasteiger partial charge in [0.05, 0.1) is 24.9 Å². The molecule has 1 atom stereocenters. The largest absolute Gasteiger partial charge is 0.495 e. The number of benzene rings is 2. The lowest BCUT2D eigenvalue weighted by molar-refractivity contribution is 0.0984.